The first-order valence-corrected chi connectivity index (χ1v) is 5.70. The van der Waals surface area contributed by atoms with E-state index in [0.717, 1.165) is 12.1 Å². The van der Waals surface area contributed by atoms with Gasteiger partial charge in [-0.1, -0.05) is 26.3 Å². The lowest BCUT2D eigenvalue weighted by Gasteiger charge is -2.30. The fourth-order valence-corrected chi connectivity index (χ4v) is 1.74. The van der Waals surface area contributed by atoms with Gasteiger partial charge in [-0.15, -0.1) is 0 Å². The van der Waals surface area contributed by atoms with Gasteiger partial charge in [0.25, 0.3) is 0 Å². The summed E-state index contributed by atoms with van der Waals surface area (Å²) in [5.74, 6) is -1.54. The van der Waals surface area contributed by atoms with Crippen molar-refractivity contribution in [2.24, 2.45) is 5.92 Å². The van der Waals surface area contributed by atoms with E-state index in [1.807, 2.05) is 6.92 Å². The van der Waals surface area contributed by atoms with Crippen molar-refractivity contribution in [3.8, 4) is 0 Å². The molecule has 0 saturated carbocycles. The van der Waals surface area contributed by atoms with Crippen molar-refractivity contribution in [3.63, 3.8) is 0 Å². The SMILES string of the molecule is CCC(C)C(C)(O)c1ccc(C(F)(F)F)c(F)c1. The van der Waals surface area contributed by atoms with E-state index in [4.69, 9.17) is 0 Å². The fraction of sp³-hybridized carbons (Fsp3) is 0.538. The molecule has 18 heavy (non-hydrogen) atoms. The average molecular weight is 264 g/mol. The Morgan fingerprint density at radius 1 is 1.28 bits per heavy atom. The van der Waals surface area contributed by atoms with Crippen LogP contribution < -0.4 is 0 Å². The number of hydrogen-bond donors (Lipinski definition) is 1. The molecule has 0 aliphatic heterocycles. The van der Waals surface area contributed by atoms with E-state index in [1.165, 1.54) is 6.92 Å². The molecule has 0 aliphatic rings. The second-order valence-electron chi connectivity index (χ2n) is 4.65. The first-order valence-electron chi connectivity index (χ1n) is 5.70. The van der Waals surface area contributed by atoms with Crippen molar-refractivity contribution >= 4 is 0 Å². The second-order valence-corrected chi connectivity index (χ2v) is 4.65. The van der Waals surface area contributed by atoms with Crippen LogP contribution in [0.5, 0.6) is 0 Å². The van der Waals surface area contributed by atoms with Gasteiger partial charge in [-0.3, -0.25) is 0 Å². The van der Waals surface area contributed by atoms with Crippen LogP contribution >= 0.6 is 0 Å². The van der Waals surface area contributed by atoms with Crippen LogP contribution in [-0.4, -0.2) is 5.11 Å². The van der Waals surface area contributed by atoms with Crippen LogP contribution in [0.2, 0.25) is 0 Å². The molecule has 0 aliphatic carbocycles. The molecule has 0 aromatic heterocycles. The molecule has 1 nitrogen and oxygen atoms in total. The van der Waals surface area contributed by atoms with Gasteiger partial charge in [0.1, 0.15) is 5.82 Å². The van der Waals surface area contributed by atoms with Crippen LogP contribution in [0.1, 0.15) is 38.3 Å². The number of rotatable bonds is 3. The minimum atomic E-state index is -4.72. The zero-order chi connectivity index (χ0) is 14.1. The predicted molar refractivity (Wildman–Crippen MR) is 60.4 cm³/mol. The van der Waals surface area contributed by atoms with Crippen molar-refractivity contribution in [2.75, 3.05) is 0 Å². The maximum atomic E-state index is 13.4. The monoisotopic (exact) mass is 264 g/mol. The van der Waals surface area contributed by atoms with Gasteiger partial charge in [0.2, 0.25) is 0 Å². The van der Waals surface area contributed by atoms with E-state index < -0.39 is 23.2 Å². The summed E-state index contributed by atoms with van der Waals surface area (Å²) in [4.78, 5) is 0. The van der Waals surface area contributed by atoms with Gasteiger partial charge in [0.05, 0.1) is 11.2 Å². The smallest absolute Gasteiger partial charge is 0.385 e. The van der Waals surface area contributed by atoms with E-state index in [1.54, 1.807) is 6.92 Å². The lowest BCUT2D eigenvalue weighted by Crippen LogP contribution is -2.29. The highest BCUT2D eigenvalue weighted by Crippen LogP contribution is 2.36. The molecule has 102 valence electrons. The van der Waals surface area contributed by atoms with Gasteiger partial charge >= 0.3 is 6.18 Å². The van der Waals surface area contributed by atoms with Gasteiger partial charge in [-0.2, -0.15) is 13.2 Å². The molecule has 1 rings (SSSR count). The first-order chi connectivity index (χ1) is 8.10. The highest BCUT2D eigenvalue weighted by molar-refractivity contribution is 5.30. The Kier molecular flexibility index (Phi) is 4.05. The van der Waals surface area contributed by atoms with E-state index in [2.05, 4.69) is 0 Å². The van der Waals surface area contributed by atoms with Crippen LogP contribution in [0.4, 0.5) is 17.6 Å². The zero-order valence-corrected chi connectivity index (χ0v) is 10.5. The fourth-order valence-electron chi connectivity index (χ4n) is 1.74. The number of alkyl halides is 3. The molecule has 0 saturated heterocycles. The van der Waals surface area contributed by atoms with E-state index in [0.29, 0.717) is 12.5 Å². The summed E-state index contributed by atoms with van der Waals surface area (Å²) in [5, 5.41) is 10.2. The van der Waals surface area contributed by atoms with E-state index >= 15 is 0 Å². The molecule has 1 N–H and O–H groups in total. The lowest BCUT2D eigenvalue weighted by molar-refractivity contribution is -0.140. The van der Waals surface area contributed by atoms with E-state index in [-0.39, 0.29) is 11.5 Å². The summed E-state index contributed by atoms with van der Waals surface area (Å²) < 4.78 is 50.6. The van der Waals surface area contributed by atoms with Gasteiger partial charge in [0.15, 0.2) is 0 Å². The normalized spacial score (nSPS) is 17.3. The minimum absolute atomic E-state index is 0.155. The predicted octanol–water partition coefficient (Wildman–Crippen LogP) is 4.10. The van der Waals surface area contributed by atoms with Crippen LogP contribution in [0.3, 0.4) is 0 Å². The van der Waals surface area contributed by atoms with Gasteiger partial charge in [-0.05, 0) is 30.5 Å². The van der Waals surface area contributed by atoms with Gasteiger partial charge < -0.3 is 5.11 Å². The van der Waals surface area contributed by atoms with Crippen LogP contribution in [0.15, 0.2) is 18.2 Å². The number of aliphatic hydroxyl groups is 1. The van der Waals surface area contributed by atoms with Crippen molar-refractivity contribution < 1.29 is 22.7 Å². The Morgan fingerprint density at radius 2 is 1.83 bits per heavy atom. The topological polar surface area (TPSA) is 20.2 Å². The third kappa shape index (κ3) is 2.83. The molecule has 2 atom stereocenters. The van der Waals surface area contributed by atoms with Crippen molar-refractivity contribution in [1.29, 1.82) is 0 Å². The molecule has 0 bridgehead atoms. The third-order valence-electron chi connectivity index (χ3n) is 3.43. The molecule has 0 fully saturated rings. The van der Waals surface area contributed by atoms with Crippen LogP contribution in [0.25, 0.3) is 0 Å². The van der Waals surface area contributed by atoms with E-state index in [9.17, 15) is 22.7 Å². The van der Waals surface area contributed by atoms with Crippen molar-refractivity contribution in [3.05, 3.63) is 35.1 Å². The van der Waals surface area contributed by atoms with Gasteiger partial charge in [-0.25, -0.2) is 4.39 Å². The molecule has 0 radical (unpaired) electrons. The first kappa shape index (κ1) is 15.0. The molecule has 1 aromatic rings. The van der Waals surface area contributed by atoms with Crippen LogP contribution in [0, 0.1) is 11.7 Å². The molecule has 2 unspecified atom stereocenters. The number of benzene rings is 1. The Bertz CT molecular complexity index is 423. The second kappa shape index (κ2) is 4.88. The highest BCUT2D eigenvalue weighted by Gasteiger charge is 2.36. The number of hydrogen-bond acceptors (Lipinski definition) is 1. The number of halogens is 4. The molecule has 0 amide bonds. The summed E-state index contributed by atoms with van der Waals surface area (Å²) in [6.45, 7) is 5.08. The highest BCUT2D eigenvalue weighted by atomic mass is 19.4. The summed E-state index contributed by atoms with van der Waals surface area (Å²) in [6.07, 6.45) is -4.08. The van der Waals surface area contributed by atoms with Crippen LogP contribution in [-0.2, 0) is 11.8 Å². The quantitative estimate of drug-likeness (QED) is 0.815. The molecule has 0 spiro atoms. The Morgan fingerprint density at radius 3 is 2.22 bits per heavy atom. The lowest BCUT2D eigenvalue weighted by atomic mass is 9.82. The molecular weight excluding hydrogens is 248 g/mol. The summed E-state index contributed by atoms with van der Waals surface area (Å²) in [7, 11) is 0. The van der Waals surface area contributed by atoms with Crippen molar-refractivity contribution in [2.45, 2.75) is 39.0 Å². The third-order valence-corrected chi connectivity index (χ3v) is 3.43. The summed E-state index contributed by atoms with van der Waals surface area (Å²) in [5.41, 5.74) is -2.51. The standard InChI is InChI=1S/C13H16F4O/c1-4-8(2)12(3,18)9-5-6-10(11(14)7-9)13(15,16)17/h5-8,18H,4H2,1-3H3. The molecule has 5 heteroatoms. The summed E-state index contributed by atoms with van der Waals surface area (Å²) >= 11 is 0. The Hall–Kier alpha value is -1.10. The summed E-state index contributed by atoms with van der Waals surface area (Å²) in [6, 6.07) is 2.55. The molecule has 1 aromatic carbocycles. The Balaban J connectivity index is 3.20. The van der Waals surface area contributed by atoms with Gasteiger partial charge in [0, 0.05) is 0 Å². The van der Waals surface area contributed by atoms with Crippen molar-refractivity contribution in [1.82, 2.24) is 0 Å². The average Bonchev–Trinajstić information content (AvgIpc) is 2.25. The maximum Gasteiger partial charge on any atom is 0.419 e. The molecule has 0 heterocycles. The zero-order valence-electron chi connectivity index (χ0n) is 10.5. The largest absolute Gasteiger partial charge is 0.419 e. The molecular formula is C13H16F4O. The Labute approximate surface area is 103 Å². The maximum absolute atomic E-state index is 13.4. The minimum Gasteiger partial charge on any atom is -0.385 e.